The SMILES string of the molecule is COc1ccc2c(c1)C(c1ccccc1)N(C(=O)c1ccco1)CC2. The molecule has 126 valence electrons. The van der Waals surface area contributed by atoms with Crippen LogP contribution in [0.5, 0.6) is 5.75 Å². The standard InChI is InChI=1S/C21H19NO3/c1-24-17-10-9-15-11-12-22(21(23)19-8-5-13-25-19)20(18(15)14-17)16-6-3-2-4-7-16/h2-10,13-14,20H,11-12H2,1H3. The molecule has 0 radical (unpaired) electrons. The van der Waals surface area contributed by atoms with Gasteiger partial charge >= 0.3 is 0 Å². The molecule has 4 nitrogen and oxygen atoms in total. The molecule has 25 heavy (non-hydrogen) atoms. The van der Waals surface area contributed by atoms with Gasteiger partial charge in [0.25, 0.3) is 5.91 Å². The lowest BCUT2D eigenvalue weighted by atomic mass is 9.87. The van der Waals surface area contributed by atoms with Crippen LogP contribution in [0.3, 0.4) is 0 Å². The van der Waals surface area contributed by atoms with Gasteiger partial charge in [0.1, 0.15) is 5.75 Å². The molecule has 0 saturated carbocycles. The van der Waals surface area contributed by atoms with Gasteiger partial charge in [0, 0.05) is 6.54 Å². The van der Waals surface area contributed by atoms with Gasteiger partial charge in [0.15, 0.2) is 5.76 Å². The van der Waals surface area contributed by atoms with Gasteiger partial charge in [-0.3, -0.25) is 4.79 Å². The first kappa shape index (κ1) is 15.5. The molecule has 4 heteroatoms. The van der Waals surface area contributed by atoms with Gasteiger partial charge in [0.05, 0.1) is 19.4 Å². The third-order valence-corrected chi connectivity index (χ3v) is 4.69. The first-order chi connectivity index (χ1) is 12.3. The maximum atomic E-state index is 13.0. The monoisotopic (exact) mass is 333 g/mol. The number of hydrogen-bond donors (Lipinski definition) is 0. The number of benzene rings is 2. The molecule has 1 aliphatic rings. The molecule has 1 unspecified atom stereocenters. The second-order valence-corrected chi connectivity index (χ2v) is 6.10. The van der Waals surface area contributed by atoms with Crippen LogP contribution in [-0.4, -0.2) is 24.5 Å². The Morgan fingerprint density at radius 2 is 1.96 bits per heavy atom. The smallest absolute Gasteiger partial charge is 0.290 e. The molecule has 0 N–H and O–H groups in total. The van der Waals surface area contributed by atoms with E-state index in [2.05, 4.69) is 18.2 Å². The largest absolute Gasteiger partial charge is 0.497 e. The van der Waals surface area contributed by atoms with E-state index >= 15 is 0 Å². The summed E-state index contributed by atoms with van der Waals surface area (Å²) in [6.45, 7) is 0.651. The normalized spacial score (nSPS) is 16.4. The lowest BCUT2D eigenvalue weighted by molar-refractivity contribution is 0.0661. The fourth-order valence-corrected chi connectivity index (χ4v) is 3.48. The minimum Gasteiger partial charge on any atom is -0.497 e. The van der Waals surface area contributed by atoms with E-state index in [-0.39, 0.29) is 11.9 Å². The summed E-state index contributed by atoms with van der Waals surface area (Å²) < 4.78 is 10.8. The van der Waals surface area contributed by atoms with Crippen LogP contribution >= 0.6 is 0 Å². The summed E-state index contributed by atoms with van der Waals surface area (Å²) >= 11 is 0. The van der Waals surface area contributed by atoms with Crippen LogP contribution in [0.4, 0.5) is 0 Å². The average Bonchev–Trinajstić information content (AvgIpc) is 3.21. The first-order valence-electron chi connectivity index (χ1n) is 8.34. The zero-order valence-electron chi connectivity index (χ0n) is 14.0. The maximum absolute atomic E-state index is 13.0. The molecule has 0 fully saturated rings. The molecule has 4 rings (SSSR count). The Labute approximate surface area is 146 Å². The highest BCUT2D eigenvalue weighted by atomic mass is 16.5. The fraction of sp³-hybridized carbons (Fsp3) is 0.190. The van der Waals surface area contributed by atoms with Gasteiger partial charge in [-0.05, 0) is 47.4 Å². The number of methoxy groups -OCH3 is 1. The zero-order chi connectivity index (χ0) is 17.2. The third kappa shape index (κ3) is 2.80. The number of carbonyl (C=O) groups is 1. The van der Waals surface area contributed by atoms with Crippen molar-refractivity contribution in [2.45, 2.75) is 12.5 Å². The van der Waals surface area contributed by atoms with Crippen molar-refractivity contribution in [2.24, 2.45) is 0 Å². The predicted octanol–water partition coefficient (Wildman–Crippen LogP) is 4.08. The van der Waals surface area contributed by atoms with Crippen molar-refractivity contribution in [3.8, 4) is 5.75 Å². The Kier molecular flexibility index (Phi) is 4.02. The minimum atomic E-state index is -0.155. The third-order valence-electron chi connectivity index (χ3n) is 4.69. The Bertz CT molecular complexity index is 871. The average molecular weight is 333 g/mol. The molecule has 2 heterocycles. The van der Waals surface area contributed by atoms with E-state index in [0.29, 0.717) is 12.3 Å². The van der Waals surface area contributed by atoms with Crippen LogP contribution in [0.25, 0.3) is 0 Å². The molecule has 1 amide bonds. The van der Waals surface area contributed by atoms with E-state index in [9.17, 15) is 4.79 Å². The molecular formula is C21H19NO3. The van der Waals surface area contributed by atoms with Crippen LogP contribution in [0.1, 0.15) is 33.3 Å². The van der Waals surface area contributed by atoms with Crippen LogP contribution in [0, 0.1) is 0 Å². The van der Waals surface area contributed by atoms with Crippen LogP contribution in [0.2, 0.25) is 0 Å². The van der Waals surface area contributed by atoms with Gasteiger partial charge in [-0.25, -0.2) is 0 Å². The van der Waals surface area contributed by atoms with Crippen molar-refractivity contribution in [1.29, 1.82) is 0 Å². The number of carbonyl (C=O) groups excluding carboxylic acids is 1. The van der Waals surface area contributed by atoms with Gasteiger partial charge in [-0.2, -0.15) is 0 Å². The summed E-state index contributed by atoms with van der Waals surface area (Å²) in [6, 6.07) is 19.5. The Balaban J connectivity index is 1.83. The van der Waals surface area contributed by atoms with E-state index < -0.39 is 0 Å². The van der Waals surface area contributed by atoms with Gasteiger partial charge in [-0.15, -0.1) is 0 Å². The highest BCUT2D eigenvalue weighted by Crippen LogP contribution is 2.37. The van der Waals surface area contributed by atoms with Gasteiger partial charge in [0.2, 0.25) is 0 Å². The molecule has 0 bridgehead atoms. The lowest BCUT2D eigenvalue weighted by Gasteiger charge is -2.37. The second kappa shape index (κ2) is 6.48. The van der Waals surface area contributed by atoms with E-state index in [1.807, 2.05) is 35.2 Å². The fourth-order valence-electron chi connectivity index (χ4n) is 3.48. The van der Waals surface area contributed by atoms with Crippen molar-refractivity contribution in [3.63, 3.8) is 0 Å². The van der Waals surface area contributed by atoms with Crippen LogP contribution < -0.4 is 4.74 Å². The lowest BCUT2D eigenvalue weighted by Crippen LogP contribution is -2.40. The molecule has 3 aromatic rings. The summed E-state index contributed by atoms with van der Waals surface area (Å²) in [5.41, 5.74) is 3.44. The van der Waals surface area contributed by atoms with E-state index in [0.717, 1.165) is 23.3 Å². The highest BCUT2D eigenvalue weighted by Gasteiger charge is 2.33. The molecule has 0 spiro atoms. The minimum absolute atomic E-state index is 0.0904. The summed E-state index contributed by atoms with van der Waals surface area (Å²) in [5, 5.41) is 0. The summed E-state index contributed by atoms with van der Waals surface area (Å²) in [7, 11) is 1.66. The molecule has 1 atom stereocenters. The Morgan fingerprint density at radius 1 is 1.12 bits per heavy atom. The second-order valence-electron chi connectivity index (χ2n) is 6.10. The quantitative estimate of drug-likeness (QED) is 0.725. The van der Waals surface area contributed by atoms with Crippen molar-refractivity contribution >= 4 is 5.91 Å². The first-order valence-corrected chi connectivity index (χ1v) is 8.34. The number of nitrogens with zero attached hydrogens (tertiary/aromatic N) is 1. The topological polar surface area (TPSA) is 42.7 Å². The van der Waals surface area contributed by atoms with E-state index in [1.165, 1.54) is 11.8 Å². The number of amides is 1. The molecule has 0 aliphatic carbocycles. The summed E-state index contributed by atoms with van der Waals surface area (Å²) in [4.78, 5) is 14.9. The van der Waals surface area contributed by atoms with Gasteiger partial charge < -0.3 is 14.1 Å². The van der Waals surface area contributed by atoms with Crippen molar-refractivity contribution in [3.05, 3.63) is 89.4 Å². The Hall–Kier alpha value is -3.01. The van der Waals surface area contributed by atoms with Crippen LogP contribution in [0.15, 0.2) is 71.3 Å². The summed E-state index contributed by atoms with van der Waals surface area (Å²) in [5.74, 6) is 1.08. The molecular weight excluding hydrogens is 314 g/mol. The number of fused-ring (bicyclic) bond motifs is 1. The number of furan rings is 1. The molecule has 2 aromatic carbocycles. The molecule has 0 saturated heterocycles. The number of rotatable bonds is 3. The predicted molar refractivity (Wildman–Crippen MR) is 94.7 cm³/mol. The van der Waals surface area contributed by atoms with Crippen molar-refractivity contribution in [2.75, 3.05) is 13.7 Å². The Morgan fingerprint density at radius 3 is 2.68 bits per heavy atom. The highest BCUT2D eigenvalue weighted by molar-refractivity contribution is 5.92. The molecule has 1 aromatic heterocycles. The van der Waals surface area contributed by atoms with Crippen molar-refractivity contribution < 1.29 is 13.9 Å². The number of ether oxygens (including phenoxy) is 1. The van der Waals surface area contributed by atoms with Crippen LogP contribution in [-0.2, 0) is 6.42 Å². The maximum Gasteiger partial charge on any atom is 0.290 e. The van der Waals surface area contributed by atoms with Gasteiger partial charge in [-0.1, -0.05) is 36.4 Å². The van der Waals surface area contributed by atoms with E-state index in [1.54, 1.807) is 19.2 Å². The number of hydrogen-bond acceptors (Lipinski definition) is 3. The summed E-state index contributed by atoms with van der Waals surface area (Å²) in [6.07, 6.45) is 2.35. The zero-order valence-corrected chi connectivity index (χ0v) is 14.0. The van der Waals surface area contributed by atoms with Crippen molar-refractivity contribution in [1.82, 2.24) is 4.90 Å². The molecule has 1 aliphatic heterocycles. The van der Waals surface area contributed by atoms with E-state index in [4.69, 9.17) is 9.15 Å².